The minimum atomic E-state index is 0.367. The quantitative estimate of drug-likeness (QED) is 0.866. The van der Waals surface area contributed by atoms with Gasteiger partial charge in [0.15, 0.2) is 0 Å². The van der Waals surface area contributed by atoms with Crippen LogP contribution in [0.15, 0.2) is 18.2 Å². The molecule has 3 heteroatoms. The molecule has 1 aliphatic rings. The van der Waals surface area contributed by atoms with Crippen LogP contribution in [0.4, 0.5) is 5.69 Å². The number of para-hydroxylation sites is 1. The molecular formula is C18H29ClN2. The first-order valence-electron chi connectivity index (χ1n) is 8.04. The van der Waals surface area contributed by atoms with Gasteiger partial charge in [-0.05, 0) is 29.4 Å². The summed E-state index contributed by atoms with van der Waals surface area (Å²) in [6.07, 6.45) is 1.26. The van der Waals surface area contributed by atoms with Crippen molar-refractivity contribution in [3.63, 3.8) is 0 Å². The molecule has 1 unspecified atom stereocenters. The summed E-state index contributed by atoms with van der Waals surface area (Å²) < 4.78 is 0. The van der Waals surface area contributed by atoms with E-state index in [1.165, 1.54) is 17.7 Å². The standard InChI is InChI=1S/C18H29ClN2/c1-13(2)20-11-14-7-6-8-16(19)17(14)21-10-9-15(12-21)18(3,4)5/h6-8,13,15,20H,9-12H2,1-5H3. The van der Waals surface area contributed by atoms with E-state index in [1.807, 2.05) is 6.07 Å². The predicted molar refractivity (Wildman–Crippen MR) is 93.2 cm³/mol. The Labute approximate surface area is 134 Å². The van der Waals surface area contributed by atoms with E-state index in [0.29, 0.717) is 11.5 Å². The molecule has 1 fully saturated rings. The first kappa shape index (κ1) is 16.6. The molecule has 2 nitrogen and oxygen atoms in total. The first-order valence-corrected chi connectivity index (χ1v) is 8.42. The highest BCUT2D eigenvalue weighted by atomic mass is 35.5. The van der Waals surface area contributed by atoms with Gasteiger partial charge in [0.25, 0.3) is 0 Å². The van der Waals surface area contributed by atoms with E-state index in [2.05, 4.69) is 57.0 Å². The number of nitrogens with zero attached hydrogens (tertiary/aromatic N) is 1. The maximum atomic E-state index is 6.52. The lowest BCUT2D eigenvalue weighted by Crippen LogP contribution is -2.28. The van der Waals surface area contributed by atoms with Crippen molar-refractivity contribution in [3.05, 3.63) is 28.8 Å². The molecule has 1 N–H and O–H groups in total. The molecule has 0 aromatic heterocycles. The van der Waals surface area contributed by atoms with Gasteiger partial charge < -0.3 is 10.2 Å². The maximum Gasteiger partial charge on any atom is 0.0642 e. The highest BCUT2D eigenvalue weighted by molar-refractivity contribution is 6.33. The Morgan fingerprint density at radius 2 is 2.05 bits per heavy atom. The van der Waals surface area contributed by atoms with Crippen molar-refractivity contribution in [2.75, 3.05) is 18.0 Å². The molecule has 21 heavy (non-hydrogen) atoms. The van der Waals surface area contributed by atoms with E-state index >= 15 is 0 Å². The van der Waals surface area contributed by atoms with Crippen LogP contribution in [0.3, 0.4) is 0 Å². The molecule has 0 saturated carbocycles. The average molecular weight is 309 g/mol. The molecule has 1 aromatic rings. The average Bonchev–Trinajstić information content (AvgIpc) is 2.85. The van der Waals surface area contributed by atoms with Gasteiger partial charge in [0.1, 0.15) is 0 Å². The van der Waals surface area contributed by atoms with Crippen LogP contribution in [0.5, 0.6) is 0 Å². The molecule has 1 heterocycles. The largest absolute Gasteiger partial charge is 0.370 e. The summed E-state index contributed by atoms with van der Waals surface area (Å²) >= 11 is 6.52. The number of rotatable bonds is 4. The maximum absolute atomic E-state index is 6.52. The molecule has 0 amide bonds. The van der Waals surface area contributed by atoms with E-state index in [4.69, 9.17) is 11.6 Å². The normalized spacial score (nSPS) is 19.6. The SMILES string of the molecule is CC(C)NCc1cccc(Cl)c1N1CCC(C(C)(C)C)C1. The fraction of sp³-hybridized carbons (Fsp3) is 0.667. The van der Waals surface area contributed by atoms with Crippen molar-refractivity contribution in [1.29, 1.82) is 0 Å². The second kappa shape index (κ2) is 6.58. The third-order valence-electron chi connectivity index (χ3n) is 4.50. The molecule has 2 rings (SSSR count). The Bertz CT molecular complexity index is 477. The molecule has 118 valence electrons. The Balaban J connectivity index is 2.19. The van der Waals surface area contributed by atoms with Gasteiger partial charge in [-0.15, -0.1) is 0 Å². The minimum Gasteiger partial charge on any atom is -0.370 e. The summed E-state index contributed by atoms with van der Waals surface area (Å²) in [5, 5.41) is 4.39. The van der Waals surface area contributed by atoms with Gasteiger partial charge in [-0.2, -0.15) is 0 Å². The fourth-order valence-corrected chi connectivity index (χ4v) is 3.35. The summed E-state index contributed by atoms with van der Waals surface area (Å²) in [7, 11) is 0. The van der Waals surface area contributed by atoms with Gasteiger partial charge in [-0.3, -0.25) is 0 Å². The number of halogens is 1. The van der Waals surface area contributed by atoms with Gasteiger partial charge in [0.05, 0.1) is 10.7 Å². The Morgan fingerprint density at radius 3 is 2.62 bits per heavy atom. The zero-order chi connectivity index (χ0) is 15.6. The lowest BCUT2D eigenvalue weighted by molar-refractivity contribution is 0.263. The molecule has 0 radical (unpaired) electrons. The molecule has 1 aliphatic heterocycles. The van der Waals surface area contributed by atoms with E-state index < -0.39 is 0 Å². The van der Waals surface area contributed by atoms with Gasteiger partial charge in [-0.25, -0.2) is 0 Å². The molecular weight excluding hydrogens is 280 g/mol. The molecule has 1 aromatic carbocycles. The van der Waals surface area contributed by atoms with Crippen LogP contribution in [0, 0.1) is 11.3 Å². The van der Waals surface area contributed by atoms with E-state index in [0.717, 1.165) is 30.6 Å². The lowest BCUT2D eigenvalue weighted by atomic mass is 9.80. The van der Waals surface area contributed by atoms with Crippen molar-refractivity contribution < 1.29 is 0 Å². The Hall–Kier alpha value is -0.730. The fourth-order valence-electron chi connectivity index (χ4n) is 3.04. The van der Waals surface area contributed by atoms with E-state index in [-0.39, 0.29) is 0 Å². The van der Waals surface area contributed by atoms with Crippen molar-refractivity contribution in [2.45, 2.75) is 53.6 Å². The summed E-state index contributed by atoms with van der Waals surface area (Å²) in [6.45, 7) is 14.5. The van der Waals surface area contributed by atoms with Crippen LogP contribution in [-0.4, -0.2) is 19.1 Å². The van der Waals surface area contributed by atoms with Crippen molar-refractivity contribution in [1.82, 2.24) is 5.32 Å². The third kappa shape index (κ3) is 4.14. The molecule has 1 saturated heterocycles. The van der Waals surface area contributed by atoms with Gasteiger partial charge in [0.2, 0.25) is 0 Å². The number of nitrogens with one attached hydrogen (secondary N) is 1. The van der Waals surface area contributed by atoms with Crippen LogP contribution >= 0.6 is 11.6 Å². The van der Waals surface area contributed by atoms with Gasteiger partial charge in [-0.1, -0.05) is 58.4 Å². The number of anilines is 1. The summed E-state index contributed by atoms with van der Waals surface area (Å²) in [5.41, 5.74) is 2.91. The topological polar surface area (TPSA) is 15.3 Å². The number of benzene rings is 1. The molecule has 0 bridgehead atoms. The zero-order valence-corrected chi connectivity index (χ0v) is 14.8. The van der Waals surface area contributed by atoms with Crippen molar-refractivity contribution in [2.24, 2.45) is 11.3 Å². The smallest absolute Gasteiger partial charge is 0.0642 e. The van der Waals surface area contributed by atoms with Crippen molar-refractivity contribution in [3.8, 4) is 0 Å². The van der Waals surface area contributed by atoms with Crippen LogP contribution < -0.4 is 10.2 Å². The number of hydrogen-bond acceptors (Lipinski definition) is 2. The summed E-state index contributed by atoms with van der Waals surface area (Å²) in [6, 6.07) is 6.75. The minimum absolute atomic E-state index is 0.367. The van der Waals surface area contributed by atoms with E-state index in [9.17, 15) is 0 Å². The third-order valence-corrected chi connectivity index (χ3v) is 4.81. The highest BCUT2D eigenvalue weighted by Crippen LogP contribution is 2.39. The summed E-state index contributed by atoms with van der Waals surface area (Å²) in [4.78, 5) is 2.48. The molecule has 1 atom stereocenters. The predicted octanol–water partition coefficient (Wildman–Crippen LogP) is 4.71. The molecule has 0 aliphatic carbocycles. The van der Waals surface area contributed by atoms with Crippen LogP contribution in [0.2, 0.25) is 5.02 Å². The van der Waals surface area contributed by atoms with Gasteiger partial charge >= 0.3 is 0 Å². The number of hydrogen-bond donors (Lipinski definition) is 1. The van der Waals surface area contributed by atoms with Gasteiger partial charge in [0, 0.05) is 25.7 Å². The second-order valence-corrected chi connectivity index (χ2v) is 7.99. The van der Waals surface area contributed by atoms with E-state index in [1.54, 1.807) is 0 Å². The van der Waals surface area contributed by atoms with Crippen LogP contribution in [0.1, 0.15) is 46.6 Å². The zero-order valence-electron chi connectivity index (χ0n) is 14.0. The second-order valence-electron chi connectivity index (χ2n) is 7.58. The molecule has 0 spiro atoms. The Morgan fingerprint density at radius 1 is 1.33 bits per heavy atom. The first-order chi connectivity index (χ1) is 9.79. The highest BCUT2D eigenvalue weighted by Gasteiger charge is 2.33. The lowest BCUT2D eigenvalue weighted by Gasteiger charge is -2.29. The van der Waals surface area contributed by atoms with Crippen LogP contribution in [0.25, 0.3) is 0 Å². The summed E-state index contributed by atoms with van der Waals surface area (Å²) in [5.74, 6) is 0.736. The monoisotopic (exact) mass is 308 g/mol. The van der Waals surface area contributed by atoms with Crippen LogP contribution in [-0.2, 0) is 6.54 Å². The Kier molecular flexibility index (Phi) is 5.21. The van der Waals surface area contributed by atoms with Crippen molar-refractivity contribution >= 4 is 17.3 Å².